The average Bonchev–Trinajstić information content (AvgIpc) is 2.84. The van der Waals surface area contributed by atoms with Crippen LogP contribution in [0.25, 0.3) is 0 Å². The standard InChI is InChI=1S/C17H15Cl2NO2/c18-13-5-6-15(19)14(7-13)16(21)20-10-17(22)8-11-3-1-2-4-12(11)9-17/h1-7,22H,8-10H2,(H,20,21). The van der Waals surface area contributed by atoms with Gasteiger partial charge >= 0.3 is 0 Å². The summed E-state index contributed by atoms with van der Waals surface area (Å²) in [7, 11) is 0. The Balaban J connectivity index is 1.68. The molecule has 2 N–H and O–H groups in total. The Morgan fingerprint density at radius 2 is 1.77 bits per heavy atom. The molecule has 0 aromatic heterocycles. The van der Waals surface area contributed by atoms with Crippen molar-refractivity contribution in [3.63, 3.8) is 0 Å². The van der Waals surface area contributed by atoms with Crippen LogP contribution in [0.5, 0.6) is 0 Å². The minimum absolute atomic E-state index is 0.170. The number of halogens is 2. The van der Waals surface area contributed by atoms with Crippen LogP contribution in [-0.4, -0.2) is 23.2 Å². The third-order valence-electron chi connectivity index (χ3n) is 3.91. The maximum atomic E-state index is 12.2. The number of nitrogens with one attached hydrogen (secondary N) is 1. The molecule has 114 valence electrons. The molecule has 2 aromatic rings. The molecular weight excluding hydrogens is 321 g/mol. The van der Waals surface area contributed by atoms with E-state index in [0.717, 1.165) is 11.1 Å². The Morgan fingerprint density at radius 1 is 1.14 bits per heavy atom. The van der Waals surface area contributed by atoms with E-state index in [9.17, 15) is 9.90 Å². The predicted octanol–water partition coefficient (Wildman–Crippen LogP) is 3.25. The van der Waals surface area contributed by atoms with Crippen LogP contribution < -0.4 is 5.32 Å². The molecule has 0 heterocycles. The van der Waals surface area contributed by atoms with Crippen molar-refractivity contribution in [2.45, 2.75) is 18.4 Å². The molecule has 0 spiro atoms. The molecule has 0 saturated carbocycles. The molecule has 0 unspecified atom stereocenters. The second-order valence-electron chi connectivity index (χ2n) is 5.65. The van der Waals surface area contributed by atoms with E-state index in [2.05, 4.69) is 5.32 Å². The Kier molecular flexibility index (Phi) is 4.13. The maximum absolute atomic E-state index is 12.2. The fourth-order valence-electron chi connectivity index (χ4n) is 2.81. The van der Waals surface area contributed by atoms with Crippen LogP contribution in [0.1, 0.15) is 21.5 Å². The van der Waals surface area contributed by atoms with Gasteiger partial charge in [-0.25, -0.2) is 0 Å². The molecular formula is C17H15Cl2NO2. The number of hydrogen-bond donors (Lipinski definition) is 2. The van der Waals surface area contributed by atoms with Crippen molar-refractivity contribution in [2.75, 3.05) is 6.54 Å². The Morgan fingerprint density at radius 3 is 2.41 bits per heavy atom. The highest BCUT2D eigenvalue weighted by Gasteiger charge is 2.35. The molecule has 2 aromatic carbocycles. The molecule has 1 aliphatic carbocycles. The lowest BCUT2D eigenvalue weighted by Crippen LogP contribution is -2.43. The van der Waals surface area contributed by atoms with Crippen molar-refractivity contribution < 1.29 is 9.90 Å². The lowest BCUT2D eigenvalue weighted by molar-refractivity contribution is 0.0480. The molecule has 22 heavy (non-hydrogen) atoms. The highest BCUT2D eigenvalue weighted by atomic mass is 35.5. The molecule has 0 radical (unpaired) electrons. The van der Waals surface area contributed by atoms with Crippen LogP contribution in [0.3, 0.4) is 0 Å². The summed E-state index contributed by atoms with van der Waals surface area (Å²) in [6, 6.07) is 12.6. The molecule has 1 aliphatic rings. The molecule has 5 heteroatoms. The number of carbonyl (C=O) groups excluding carboxylic acids is 1. The summed E-state index contributed by atoms with van der Waals surface area (Å²) in [6.07, 6.45) is 1.07. The smallest absolute Gasteiger partial charge is 0.252 e. The van der Waals surface area contributed by atoms with Crippen LogP contribution in [0.4, 0.5) is 0 Å². The summed E-state index contributed by atoms with van der Waals surface area (Å²) in [5.74, 6) is -0.336. The number of aliphatic hydroxyl groups is 1. The number of hydrogen-bond acceptors (Lipinski definition) is 2. The summed E-state index contributed by atoms with van der Waals surface area (Å²) in [5.41, 5.74) is 1.61. The predicted molar refractivity (Wildman–Crippen MR) is 87.6 cm³/mol. The van der Waals surface area contributed by atoms with E-state index >= 15 is 0 Å². The van der Waals surface area contributed by atoms with E-state index in [1.807, 2.05) is 24.3 Å². The van der Waals surface area contributed by atoms with Crippen molar-refractivity contribution in [1.29, 1.82) is 0 Å². The number of rotatable bonds is 3. The van der Waals surface area contributed by atoms with Crippen molar-refractivity contribution in [1.82, 2.24) is 5.32 Å². The number of amides is 1. The number of carbonyl (C=O) groups is 1. The van der Waals surface area contributed by atoms with Crippen LogP contribution >= 0.6 is 23.2 Å². The molecule has 0 aliphatic heterocycles. The topological polar surface area (TPSA) is 49.3 Å². The molecule has 0 bridgehead atoms. The van der Waals surface area contributed by atoms with Crippen LogP contribution in [0.2, 0.25) is 10.0 Å². The van der Waals surface area contributed by atoms with Gasteiger partial charge in [0.2, 0.25) is 0 Å². The normalized spacial score (nSPS) is 15.4. The summed E-state index contributed by atoms with van der Waals surface area (Å²) >= 11 is 11.9. The molecule has 0 saturated heterocycles. The maximum Gasteiger partial charge on any atom is 0.252 e. The first-order valence-electron chi connectivity index (χ1n) is 6.99. The van der Waals surface area contributed by atoms with E-state index in [-0.39, 0.29) is 12.5 Å². The minimum Gasteiger partial charge on any atom is -0.387 e. The first kappa shape index (κ1) is 15.3. The van der Waals surface area contributed by atoms with Gasteiger partial charge in [0.15, 0.2) is 0 Å². The van der Waals surface area contributed by atoms with Gasteiger partial charge in [-0.3, -0.25) is 4.79 Å². The second-order valence-corrected chi connectivity index (χ2v) is 6.50. The van der Waals surface area contributed by atoms with Crippen molar-refractivity contribution in [3.05, 3.63) is 69.2 Å². The van der Waals surface area contributed by atoms with Gasteiger partial charge in [0.05, 0.1) is 16.2 Å². The number of benzene rings is 2. The molecule has 0 fully saturated rings. The van der Waals surface area contributed by atoms with Gasteiger partial charge in [-0.15, -0.1) is 0 Å². The number of fused-ring (bicyclic) bond motifs is 1. The van der Waals surface area contributed by atoms with Gasteiger partial charge in [-0.1, -0.05) is 47.5 Å². The van der Waals surface area contributed by atoms with Gasteiger partial charge in [0, 0.05) is 24.4 Å². The van der Waals surface area contributed by atoms with Crippen LogP contribution in [0, 0.1) is 0 Å². The van der Waals surface area contributed by atoms with Gasteiger partial charge in [0.25, 0.3) is 5.91 Å². The van der Waals surface area contributed by atoms with E-state index in [1.165, 1.54) is 6.07 Å². The fraction of sp³-hybridized carbons (Fsp3) is 0.235. The summed E-state index contributed by atoms with van der Waals surface area (Å²) in [4.78, 5) is 12.2. The largest absolute Gasteiger partial charge is 0.387 e. The van der Waals surface area contributed by atoms with Gasteiger partial charge in [-0.2, -0.15) is 0 Å². The zero-order chi connectivity index (χ0) is 15.7. The summed E-state index contributed by atoms with van der Waals surface area (Å²) < 4.78 is 0. The Bertz CT molecular complexity index is 705. The zero-order valence-corrected chi connectivity index (χ0v) is 13.3. The second kappa shape index (κ2) is 5.92. The Hall–Kier alpha value is -1.55. The lowest BCUT2D eigenvalue weighted by Gasteiger charge is -2.22. The van der Waals surface area contributed by atoms with Gasteiger partial charge in [0.1, 0.15) is 0 Å². The fourth-order valence-corrected chi connectivity index (χ4v) is 3.19. The van der Waals surface area contributed by atoms with E-state index in [0.29, 0.717) is 28.5 Å². The van der Waals surface area contributed by atoms with E-state index in [1.54, 1.807) is 12.1 Å². The quantitative estimate of drug-likeness (QED) is 0.904. The monoisotopic (exact) mass is 335 g/mol. The van der Waals surface area contributed by atoms with E-state index < -0.39 is 5.60 Å². The van der Waals surface area contributed by atoms with Crippen molar-refractivity contribution in [2.24, 2.45) is 0 Å². The third-order valence-corrected chi connectivity index (χ3v) is 4.47. The van der Waals surface area contributed by atoms with Gasteiger partial charge < -0.3 is 10.4 Å². The zero-order valence-electron chi connectivity index (χ0n) is 11.8. The Labute approximate surface area is 138 Å². The third kappa shape index (κ3) is 3.12. The molecule has 3 rings (SSSR count). The molecule has 1 amide bonds. The minimum atomic E-state index is -0.954. The highest BCUT2D eigenvalue weighted by Crippen LogP contribution is 2.29. The van der Waals surface area contributed by atoms with Crippen molar-refractivity contribution >= 4 is 29.1 Å². The molecule has 3 nitrogen and oxygen atoms in total. The SMILES string of the molecule is O=C(NCC1(O)Cc2ccccc2C1)c1cc(Cl)ccc1Cl. The summed E-state index contributed by atoms with van der Waals surface area (Å²) in [6.45, 7) is 0.170. The van der Waals surface area contributed by atoms with Crippen LogP contribution in [0.15, 0.2) is 42.5 Å². The van der Waals surface area contributed by atoms with Crippen molar-refractivity contribution in [3.8, 4) is 0 Å². The first-order chi connectivity index (χ1) is 10.5. The van der Waals surface area contributed by atoms with E-state index in [4.69, 9.17) is 23.2 Å². The lowest BCUT2D eigenvalue weighted by atomic mass is 10.0. The van der Waals surface area contributed by atoms with Gasteiger partial charge in [-0.05, 0) is 29.3 Å². The summed E-state index contributed by atoms with van der Waals surface area (Å²) in [5, 5.41) is 14.2. The first-order valence-corrected chi connectivity index (χ1v) is 7.75. The highest BCUT2D eigenvalue weighted by molar-refractivity contribution is 6.35. The molecule has 0 atom stereocenters. The van der Waals surface area contributed by atoms with Crippen LogP contribution in [-0.2, 0) is 12.8 Å². The average molecular weight is 336 g/mol.